The second kappa shape index (κ2) is 6.90. The Labute approximate surface area is 172 Å². The predicted octanol–water partition coefficient (Wildman–Crippen LogP) is 5.49. The largest absolute Gasteiger partial charge is 0.464 e. The molecule has 3 aromatic rings. The number of hydrazone groups is 1. The molecule has 0 saturated carbocycles. The maximum atomic E-state index is 11.3. The molecule has 0 aliphatic carbocycles. The lowest BCUT2D eigenvalue weighted by Crippen LogP contribution is -2.33. The molecule has 2 aliphatic heterocycles. The minimum Gasteiger partial charge on any atom is -0.464 e. The first-order valence-electron chi connectivity index (χ1n) is 9.22. The maximum Gasteiger partial charge on any atom is 0.270 e. The fourth-order valence-electron chi connectivity index (χ4n) is 3.88. The summed E-state index contributed by atoms with van der Waals surface area (Å²) < 4.78 is 6.24. The zero-order valence-corrected chi connectivity index (χ0v) is 16.0. The lowest BCUT2D eigenvalue weighted by Gasteiger charge is -2.38. The van der Waals surface area contributed by atoms with Crippen LogP contribution < -0.4 is 4.74 Å². The van der Waals surface area contributed by atoms with Gasteiger partial charge in [-0.1, -0.05) is 60.1 Å². The number of hydrogen-bond acceptors (Lipinski definition) is 5. The molecule has 0 fully saturated rings. The number of nitro groups is 1. The fraction of sp³-hybridized carbons (Fsp3) is 0.136. The van der Waals surface area contributed by atoms with E-state index in [2.05, 4.69) is 0 Å². The van der Waals surface area contributed by atoms with Crippen molar-refractivity contribution >= 4 is 23.0 Å². The Balaban J connectivity index is 1.63. The van der Waals surface area contributed by atoms with Crippen molar-refractivity contribution < 1.29 is 9.66 Å². The summed E-state index contributed by atoms with van der Waals surface area (Å²) in [6.07, 6.45) is 0.0662. The number of rotatable bonds is 3. The Hall–Kier alpha value is -3.38. The molecule has 0 spiro atoms. The lowest BCUT2D eigenvalue weighted by atomic mass is 9.96. The van der Waals surface area contributed by atoms with Crippen molar-refractivity contribution in [3.63, 3.8) is 0 Å². The van der Waals surface area contributed by atoms with Crippen LogP contribution in [-0.4, -0.2) is 15.6 Å². The number of nitrogens with zero attached hydrogens (tertiary/aromatic N) is 3. The molecule has 0 N–H and O–H groups in total. The molecule has 0 unspecified atom stereocenters. The van der Waals surface area contributed by atoms with E-state index in [-0.39, 0.29) is 11.7 Å². The molecule has 0 radical (unpaired) electrons. The molecular formula is C22H16ClN3O3. The van der Waals surface area contributed by atoms with Gasteiger partial charge in [0, 0.05) is 34.7 Å². The Morgan fingerprint density at radius 3 is 2.59 bits per heavy atom. The van der Waals surface area contributed by atoms with Gasteiger partial charge in [0.1, 0.15) is 5.75 Å². The van der Waals surface area contributed by atoms with E-state index in [0.29, 0.717) is 17.0 Å². The summed E-state index contributed by atoms with van der Waals surface area (Å²) in [5.74, 6) is 0.742. The van der Waals surface area contributed by atoms with Crippen LogP contribution in [0.25, 0.3) is 0 Å². The van der Waals surface area contributed by atoms with Crippen LogP contribution in [0.2, 0.25) is 5.02 Å². The third kappa shape index (κ3) is 3.02. The molecule has 144 valence electrons. The van der Waals surface area contributed by atoms with Crippen LogP contribution in [0.15, 0.2) is 77.9 Å². The Bertz CT molecular complexity index is 1130. The second-order valence-corrected chi connectivity index (χ2v) is 7.39. The first-order valence-corrected chi connectivity index (χ1v) is 9.60. The molecule has 2 atom stereocenters. The standard InChI is InChI=1S/C22H16ClN3O3/c23-18-11-10-15(26(27)28)12-17(18)22-25-20(16-8-4-5-9-21(16)29-22)13-19(24-25)14-6-2-1-3-7-14/h1-12,20,22H,13H2/t20-,22+/m1/s1. The van der Waals surface area contributed by atoms with Crippen molar-refractivity contribution in [3.05, 3.63) is 105 Å². The summed E-state index contributed by atoms with van der Waals surface area (Å²) in [6, 6.07) is 22.2. The van der Waals surface area contributed by atoms with Gasteiger partial charge < -0.3 is 4.74 Å². The van der Waals surface area contributed by atoms with E-state index < -0.39 is 11.2 Å². The number of benzene rings is 3. The summed E-state index contributed by atoms with van der Waals surface area (Å²) in [7, 11) is 0. The van der Waals surface area contributed by atoms with Crippen molar-refractivity contribution in [1.82, 2.24) is 5.01 Å². The van der Waals surface area contributed by atoms with E-state index in [4.69, 9.17) is 21.4 Å². The van der Waals surface area contributed by atoms with Gasteiger partial charge in [0.25, 0.3) is 5.69 Å². The summed E-state index contributed by atoms with van der Waals surface area (Å²) >= 11 is 6.43. The van der Waals surface area contributed by atoms with Gasteiger partial charge in [0.2, 0.25) is 6.23 Å². The average Bonchev–Trinajstić information content (AvgIpc) is 3.20. The zero-order chi connectivity index (χ0) is 20.0. The molecule has 29 heavy (non-hydrogen) atoms. The van der Waals surface area contributed by atoms with Crippen LogP contribution in [0.1, 0.15) is 35.4 Å². The highest BCUT2D eigenvalue weighted by Crippen LogP contribution is 2.48. The molecular weight excluding hydrogens is 390 g/mol. The maximum absolute atomic E-state index is 11.3. The molecule has 0 aromatic heterocycles. The van der Waals surface area contributed by atoms with Crippen LogP contribution >= 0.6 is 11.6 Å². The van der Waals surface area contributed by atoms with Gasteiger partial charge in [-0.3, -0.25) is 10.1 Å². The van der Waals surface area contributed by atoms with Gasteiger partial charge in [0.15, 0.2) is 0 Å². The minimum atomic E-state index is -0.650. The number of fused-ring (bicyclic) bond motifs is 3. The molecule has 0 saturated heterocycles. The Morgan fingerprint density at radius 1 is 1.03 bits per heavy atom. The lowest BCUT2D eigenvalue weighted by molar-refractivity contribution is -0.385. The third-order valence-electron chi connectivity index (χ3n) is 5.26. The van der Waals surface area contributed by atoms with Gasteiger partial charge in [-0.05, 0) is 17.7 Å². The second-order valence-electron chi connectivity index (χ2n) is 6.98. The smallest absolute Gasteiger partial charge is 0.270 e. The van der Waals surface area contributed by atoms with Crippen molar-refractivity contribution in [2.75, 3.05) is 0 Å². The predicted molar refractivity (Wildman–Crippen MR) is 110 cm³/mol. The van der Waals surface area contributed by atoms with Crippen molar-refractivity contribution in [3.8, 4) is 5.75 Å². The minimum absolute atomic E-state index is 0.0320. The van der Waals surface area contributed by atoms with E-state index in [1.807, 2.05) is 59.6 Å². The SMILES string of the molecule is O=[N+]([O-])c1ccc(Cl)c([C@@H]2Oc3ccccc3[C@H]3CC(c4ccccc4)=NN32)c1. The average molecular weight is 406 g/mol. The number of hydrogen-bond donors (Lipinski definition) is 0. The van der Waals surface area contributed by atoms with E-state index in [9.17, 15) is 10.1 Å². The molecule has 2 heterocycles. The summed E-state index contributed by atoms with van der Waals surface area (Å²) in [6.45, 7) is 0. The van der Waals surface area contributed by atoms with Crippen LogP contribution in [0.5, 0.6) is 5.75 Å². The number of ether oxygens (including phenoxy) is 1. The van der Waals surface area contributed by atoms with E-state index >= 15 is 0 Å². The molecule has 0 amide bonds. The number of halogens is 1. The highest BCUT2D eigenvalue weighted by atomic mass is 35.5. The van der Waals surface area contributed by atoms with Gasteiger partial charge in [0.05, 0.1) is 16.7 Å². The van der Waals surface area contributed by atoms with Gasteiger partial charge >= 0.3 is 0 Å². The summed E-state index contributed by atoms with van der Waals surface area (Å²) in [5.41, 5.74) is 3.53. The zero-order valence-electron chi connectivity index (χ0n) is 15.2. The molecule has 2 aliphatic rings. The molecule has 3 aromatic carbocycles. The molecule has 0 bridgehead atoms. The molecule has 5 rings (SSSR count). The summed E-state index contributed by atoms with van der Waals surface area (Å²) in [5, 5.41) is 18.4. The number of nitro benzene ring substituents is 1. The molecule has 7 heteroatoms. The highest BCUT2D eigenvalue weighted by molar-refractivity contribution is 6.31. The van der Waals surface area contributed by atoms with E-state index in [1.54, 1.807) is 0 Å². The first kappa shape index (κ1) is 17.7. The fourth-order valence-corrected chi connectivity index (χ4v) is 4.09. The van der Waals surface area contributed by atoms with Gasteiger partial charge in [-0.2, -0.15) is 5.10 Å². The van der Waals surface area contributed by atoms with Crippen molar-refractivity contribution in [2.45, 2.75) is 18.7 Å². The van der Waals surface area contributed by atoms with E-state index in [0.717, 1.165) is 22.6 Å². The number of non-ortho nitro benzene ring substituents is 1. The quantitative estimate of drug-likeness (QED) is 0.426. The van der Waals surface area contributed by atoms with Crippen LogP contribution in [0.4, 0.5) is 5.69 Å². The molecule has 6 nitrogen and oxygen atoms in total. The van der Waals surface area contributed by atoms with Crippen molar-refractivity contribution in [1.29, 1.82) is 0 Å². The highest BCUT2D eigenvalue weighted by Gasteiger charge is 2.41. The first-order chi connectivity index (χ1) is 14.1. The number of para-hydroxylation sites is 1. The normalized spacial score (nSPS) is 19.8. The Morgan fingerprint density at radius 2 is 1.79 bits per heavy atom. The van der Waals surface area contributed by atoms with Gasteiger partial charge in [-0.25, -0.2) is 5.01 Å². The van der Waals surface area contributed by atoms with Crippen LogP contribution in [0.3, 0.4) is 0 Å². The van der Waals surface area contributed by atoms with E-state index in [1.165, 1.54) is 18.2 Å². The van der Waals surface area contributed by atoms with Gasteiger partial charge in [-0.15, -0.1) is 0 Å². The monoisotopic (exact) mass is 405 g/mol. The van der Waals surface area contributed by atoms with Crippen LogP contribution in [-0.2, 0) is 0 Å². The summed E-state index contributed by atoms with van der Waals surface area (Å²) in [4.78, 5) is 10.9. The third-order valence-corrected chi connectivity index (χ3v) is 5.61. The topological polar surface area (TPSA) is 68.0 Å². The van der Waals surface area contributed by atoms with Crippen molar-refractivity contribution in [2.24, 2.45) is 5.10 Å². The van der Waals surface area contributed by atoms with Crippen LogP contribution in [0, 0.1) is 10.1 Å². The Kier molecular flexibility index (Phi) is 4.21.